The number of ether oxygens (including phenoxy) is 1. The SMILES string of the molecule is CC(C)(C)C(=O)OCC1CNCC1C(F)(F)F. The van der Waals surface area contributed by atoms with E-state index in [1.165, 1.54) is 0 Å². The lowest BCUT2D eigenvalue weighted by Crippen LogP contribution is -2.34. The zero-order valence-electron chi connectivity index (χ0n) is 10.2. The lowest BCUT2D eigenvalue weighted by Gasteiger charge is -2.23. The molecule has 0 aromatic heterocycles. The van der Waals surface area contributed by atoms with Gasteiger partial charge >= 0.3 is 12.1 Å². The van der Waals surface area contributed by atoms with Crippen molar-refractivity contribution < 1.29 is 22.7 Å². The molecule has 2 unspecified atom stereocenters. The summed E-state index contributed by atoms with van der Waals surface area (Å²) in [7, 11) is 0. The van der Waals surface area contributed by atoms with Gasteiger partial charge in [-0.25, -0.2) is 0 Å². The molecule has 1 fully saturated rings. The van der Waals surface area contributed by atoms with Gasteiger partial charge in [-0.2, -0.15) is 13.2 Å². The molecule has 0 aromatic rings. The Balaban J connectivity index is 2.50. The second-order valence-corrected chi connectivity index (χ2v) is 5.41. The predicted molar refractivity (Wildman–Crippen MR) is 56.3 cm³/mol. The highest BCUT2D eigenvalue weighted by Gasteiger charge is 2.47. The van der Waals surface area contributed by atoms with Gasteiger partial charge in [0.2, 0.25) is 0 Å². The Morgan fingerprint density at radius 2 is 1.88 bits per heavy atom. The molecule has 17 heavy (non-hydrogen) atoms. The summed E-state index contributed by atoms with van der Waals surface area (Å²) in [6.07, 6.45) is -4.23. The summed E-state index contributed by atoms with van der Waals surface area (Å²) in [5.41, 5.74) is -0.681. The smallest absolute Gasteiger partial charge is 0.393 e. The van der Waals surface area contributed by atoms with E-state index in [-0.39, 0.29) is 19.7 Å². The molecule has 0 radical (unpaired) electrons. The number of carbonyl (C=O) groups is 1. The molecule has 1 aliphatic rings. The number of alkyl halides is 3. The van der Waals surface area contributed by atoms with Crippen LogP contribution in [0.25, 0.3) is 0 Å². The van der Waals surface area contributed by atoms with Crippen LogP contribution in [-0.2, 0) is 9.53 Å². The van der Waals surface area contributed by atoms with Crippen LogP contribution in [0.4, 0.5) is 13.2 Å². The monoisotopic (exact) mass is 253 g/mol. The zero-order valence-corrected chi connectivity index (χ0v) is 10.2. The first-order valence-electron chi connectivity index (χ1n) is 5.57. The number of nitrogens with one attached hydrogen (secondary N) is 1. The molecular formula is C11H18F3NO2. The van der Waals surface area contributed by atoms with Gasteiger partial charge in [-0.3, -0.25) is 4.79 Å². The quantitative estimate of drug-likeness (QED) is 0.765. The molecule has 3 nitrogen and oxygen atoms in total. The molecule has 1 N–H and O–H groups in total. The largest absolute Gasteiger partial charge is 0.465 e. The van der Waals surface area contributed by atoms with Crippen LogP contribution in [0.3, 0.4) is 0 Å². The predicted octanol–water partition coefficient (Wildman–Crippen LogP) is 1.97. The Morgan fingerprint density at radius 3 is 2.35 bits per heavy atom. The minimum Gasteiger partial charge on any atom is -0.465 e. The van der Waals surface area contributed by atoms with E-state index in [9.17, 15) is 18.0 Å². The number of carbonyl (C=O) groups excluding carboxylic acids is 1. The second kappa shape index (κ2) is 4.84. The fraction of sp³-hybridized carbons (Fsp3) is 0.909. The van der Waals surface area contributed by atoms with Crippen LogP contribution in [0, 0.1) is 17.3 Å². The molecule has 0 bridgehead atoms. The van der Waals surface area contributed by atoms with Crippen LogP contribution >= 0.6 is 0 Å². The third-order valence-corrected chi connectivity index (χ3v) is 2.80. The number of esters is 1. The molecule has 0 aromatic carbocycles. The summed E-state index contributed by atoms with van der Waals surface area (Å²) in [6.45, 7) is 4.98. The average molecular weight is 253 g/mol. The lowest BCUT2D eigenvalue weighted by atomic mass is 9.95. The summed E-state index contributed by atoms with van der Waals surface area (Å²) in [5, 5.41) is 2.68. The molecule has 0 amide bonds. The maximum absolute atomic E-state index is 12.6. The van der Waals surface area contributed by atoms with Crippen LogP contribution in [0.2, 0.25) is 0 Å². The summed E-state index contributed by atoms with van der Waals surface area (Å²) < 4.78 is 42.7. The summed E-state index contributed by atoms with van der Waals surface area (Å²) in [5.74, 6) is -2.57. The van der Waals surface area contributed by atoms with Crippen molar-refractivity contribution in [3.63, 3.8) is 0 Å². The first-order valence-corrected chi connectivity index (χ1v) is 5.57. The van der Waals surface area contributed by atoms with Crippen molar-refractivity contribution in [3.8, 4) is 0 Å². The molecule has 1 saturated heterocycles. The van der Waals surface area contributed by atoms with Crippen molar-refractivity contribution >= 4 is 5.97 Å². The van der Waals surface area contributed by atoms with Crippen LogP contribution < -0.4 is 5.32 Å². The highest BCUT2D eigenvalue weighted by atomic mass is 19.4. The normalized spacial score (nSPS) is 26.0. The fourth-order valence-electron chi connectivity index (χ4n) is 1.69. The third-order valence-electron chi connectivity index (χ3n) is 2.80. The van der Waals surface area contributed by atoms with Gasteiger partial charge in [0.25, 0.3) is 0 Å². The van der Waals surface area contributed by atoms with Crippen molar-refractivity contribution in [2.45, 2.75) is 26.9 Å². The Morgan fingerprint density at radius 1 is 1.29 bits per heavy atom. The van der Waals surface area contributed by atoms with Gasteiger partial charge in [0, 0.05) is 19.0 Å². The number of hydrogen-bond acceptors (Lipinski definition) is 3. The Labute approximate surface area is 98.7 Å². The average Bonchev–Trinajstić information content (AvgIpc) is 2.59. The molecule has 100 valence electrons. The van der Waals surface area contributed by atoms with Gasteiger partial charge in [0.15, 0.2) is 0 Å². The molecule has 1 heterocycles. The van der Waals surface area contributed by atoms with Gasteiger partial charge in [-0.15, -0.1) is 0 Å². The first-order chi connectivity index (χ1) is 7.62. The van der Waals surface area contributed by atoms with E-state index in [1.54, 1.807) is 20.8 Å². The van der Waals surface area contributed by atoms with Gasteiger partial charge in [-0.1, -0.05) is 0 Å². The highest BCUT2D eigenvalue weighted by molar-refractivity contribution is 5.75. The van der Waals surface area contributed by atoms with E-state index in [0.717, 1.165) is 0 Å². The topological polar surface area (TPSA) is 38.3 Å². The summed E-state index contributed by atoms with van der Waals surface area (Å²) in [6, 6.07) is 0. The van der Waals surface area contributed by atoms with Crippen LogP contribution in [0.5, 0.6) is 0 Å². The van der Waals surface area contributed by atoms with Crippen LogP contribution in [0.1, 0.15) is 20.8 Å². The number of halogens is 3. The van der Waals surface area contributed by atoms with E-state index < -0.39 is 29.4 Å². The molecule has 1 aliphatic heterocycles. The minimum atomic E-state index is -4.23. The second-order valence-electron chi connectivity index (χ2n) is 5.41. The van der Waals surface area contributed by atoms with Crippen molar-refractivity contribution in [2.24, 2.45) is 17.3 Å². The van der Waals surface area contributed by atoms with Gasteiger partial charge in [0.05, 0.1) is 17.9 Å². The van der Waals surface area contributed by atoms with Crippen LogP contribution in [-0.4, -0.2) is 31.8 Å². The van der Waals surface area contributed by atoms with E-state index in [0.29, 0.717) is 0 Å². The van der Waals surface area contributed by atoms with Crippen molar-refractivity contribution in [2.75, 3.05) is 19.7 Å². The van der Waals surface area contributed by atoms with Crippen LogP contribution in [0.15, 0.2) is 0 Å². The van der Waals surface area contributed by atoms with Gasteiger partial charge in [0.1, 0.15) is 0 Å². The maximum atomic E-state index is 12.6. The van der Waals surface area contributed by atoms with Gasteiger partial charge in [-0.05, 0) is 20.8 Å². The number of rotatable bonds is 2. The molecule has 6 heteroatoms. The molecule has 2 atom stereocenters. The lowest BCUT2D eigenvalue weighted by molar-refractivity contribution is -0.186. The molecule has 0 aliphatic carbocycles. The van der Waals surface area contributed by atoms with Gasteiger partial charge < -0.3 is 10.1 Å². The molecule has 0 saturated carbocycles. The first kappa shape index (κ1) is 14.3. The van der Waals surface area contributed by atoms with Crippen molar-refractivity contribution in [1.29, 1.82) is 0 Å². The molecule has 1 rings (SSSR count). The summed E-state index contributed by atoms with van der Waals surface area (Å²) >= 11 is 0. The fourth-order valence-corrected chi connectivity index (χ4v) is 1.69. The zero-order chi connectivity index (χ0) is 13.3. The Bertz CT molecular complexity index is 283. The number of hydrogen-bond donors (Lipinski definition) is 1. The Kier molecular flexibility index (Phi) is 4.06. The maximum Gasteiger partial charge on any atom is 0.393 e. The molecule has 0 spiro atoms. The summed E-state index contributed by atoms with van der Waals surface area (Å²) in [4.78, 5) is 11.5. The standard InChI is InChI=1S/C11H18F3NO2/c1-10(2,3)9(16)17-6-7-4-15-5-8(7)11(12,13)14/h7-8,15H,4-6H2,1-3H3. The van der Waals surface area contributed by atoms with Crippen molar-refractivity contribution in [3.05, 3.63) is 0 Å². The van der Waals surface area contributed by atoms with Crippen molar-refractivity contribution in [1.82, 2.24) is 5.32 Å². The minimum absolute atomic E-state index is 0.0960. The molecular weight excluding hydrogens is 235 g/mol. The van der Waals surface area contributed by atoms with E-state index in [2.05, 4.69) is 5.32 Å². The third kappa shape index (κ3) is 3.87. The highest BCUT2D eigenvalue weighted by Crippen LogP contribution is 2.34. The van der Waals surface area contributed by atoms with E-state index >= 15 is 0 Å². The Hall–Kier alpha value is -0.780. The van der Waals surface area contributed by atoms with E-state index in [4.69, 9.17) is 4.74 Å². The van der Waals surface area contributed by atoms with E-state index in [1.807, 2.05) is 0 Å².